The number of nitrogens with two attached hydrogens (primary N) is 1. The fraction of sp³-hybridized carbons (Fsp3) is 0.227. The standard InChI is InChI=1S/C22H24N4O/c1-4-26(5-2)21(27)19-15(3)24-22(23)25-20(19)18-13-11-17(12-14-18)16-9-7-6-8-10-16/h6-14H,4-5H2,1-3H3,(H2,23,24,25). The van der Waals surface area contributed by atoms with Crippen LogP contribution in [0.25, 0.3) is 22.4 Å². The minimum atomic E-state index is -0.0698. The van der Waals surface area contributed by atoms with E-state index < -0.39 is 0 Å². The third-order valence-corrected chi connectivity index (χ3v) is 4.64. The van der Waals surface area contributed by atoms with Crippen LogP contribution in [0.1, 0.15) is 29.9 Å². The zero-order valence-electron chi connectivity index (χ0n) is 15.9. The maximum absolute atomic E-state index is 13.0. The Bertz CT molecular complexity index is 933. The number of hydrogen-bond donors (Lipinski definition) is 1. The van der Waals surface area contributed by atoms with Gasteiger partial charge in [0.2, 0.25) is 5.95 Å². The molecule has 0 atom stereocenters. The van der Waals surface area contributed by atoms with Gasteiger partial charge in [0.05, 0.1) is 17.0 Å². The maximum atomic E-state index is 13.0. The highest BCUT2D eigenvalue weighted by molar-refractivity contribution is 6.01. The quantitative estimate of drug-likeness (QED) is 0.741. The van der Waals surface area contributed by atoms with Crippen LogP contribution in [0, 0.1) is 6.92 Å². The first-order valence-corrected chi connectivity index (χ1v) is 9.14. The van der Waals surface area contributed by atoms with Crippen molar-refractivity contribution in [1.82, 2.24) is 14.9 Å². The summed E-state index contributed by atoms with van der Waals surface area (Å²) in [4.78, 5) is 23.4. The summed E-state index contributed by atoms with van der Waals surface area (Å²) in [6.07, 6.45) is 0. The molecule has 0 fully saturated rings. The van der Waals surface area contributed by atoms with E-state index in [4.69, 9.17) is 5.73 Å². The van der Waals surface area contributed by atoms with E-state index in [1.165, 1.54) is 0 Å². The van der Waals surface area contributed by atoms with Crippen molar-refractivity contribution in [2.75, 3.05) is 18.8 Å². The summed E-state index contributed by atoms with van der Waals surface area (Å²) in [5.74, 6) is 0.102. The first-order chi connectivity index (χ1) is 13.0. The van der Waals surface area contributed by atoms with Crippen molar-refractivity contribution in [3.05, 3.63) is 65.9 Å². The number of amides is 1. The van der Waals surface area contributed by atoms with Crippen LogP contribution in [-0.2, 0) is 0 Å². The van der Waals surface area contributed by atoms with Crippen molar-refractivity contribution in [2.45, 2.75) is 20.8 Å². The van der Waals surface area contributed by atoms with E-state index in [1.807, 2.05) is 56.3 Å². The molecule has 0 spiro atoms. The zero-order valence-corrected chi connectivity index (χ0v) is 15.9. The van der Waals surface area contributed by atoms with Crippen molar-refractivity contribution in [2.24, 2.45) is 0 Å². The summed E-state index contributed by atoms with van der Waals surface area (Å²) in [5, 5.41) is 0. The molecule has 0 aliphatic carbocycles. The molecule has 0 bridgehead atoms. The number of nitrogens with zero attached hydrogens (tertiary/aromatic N) is 3. The number of nitrogen functional groups attached to an aromatic ring is 1. The summed E-state index contributed by atoms with van der Waals surface area (Å²) < 4.78 is 0. The Morgan fingerprint density at radius 2 is 1.44 bits per heavy atom. The zero-order chi connectivity index (χ0) is 19.4. The Labute approximate surface area is 159 Å². The van der Waals surface area contributed by atoms with Gasteiger partial charge in [-0.25, -0.2) is 9.97 Å². The van der Waals surface area contributed by atoms with Crippen LogP contribution in [0.4, 0.5) is 5.95 Å². The summed E-state index contributed by atoms with van der Waals surface area (Å²) >= 11 is 0. The number of aromatic nitrogens is 2. The van der Waals surface area contributed by atoms with Crippen molar-refractivity contribution in [3.63, 3.8) is 0 Å². The Morgan fingerprint density at radius 3 is 2.04 bits per heavy atom. The number of rotatable bonds is 5. The second kappa shape index (κ2) is 7.99. The predicted molar refractivity (Wildman–Crippen MR) is 109 cm³/mol. The van der Waals surface area contributed by atoms with Gasteiger partial charge in [-0.15, -0.1) is 0 Å². The van der Waals surface area contributed by atoms with Gasteiger partial charge >= 0.3 is 0 Å². The van der Waals surface area contributed by atoms with E-state index in [-0.39, 0.29) is 11.9 Å². The molecule has 1 aromatic heterocycles. The number of carbonyl (C=O) groups excluding carboxylic acids is 1. The Kier molecular flexibility index (Phi) is 5.50. The number of benzene rings is 2. The molecule has 3 rings (SSSR count). The topological polar surface area (TPSA) is 72.1 Å². The molecule has 27 heavy (non-hydrogen) atoms. The second-order valence-corrected chi connectivity index (χ2v) is 6.31. The fourth-order valence-electron chi connectivity index (χ4n) is 3.18. The van der Waals surface area contributed by atoms with Crippen molar-refractivity contribution < 1.29 is 4.79 Å². The molecule has 0 unspecified atom stereocenters. The molecule has 1 heterocycles. The highest BCUT2D eigenvalue weighted by Crippen LogP contribution is 2.28. The smallest absolute Gasteiger partial charge is 0.257 e. The van der Waals surface area contributed by atoms with E-state index in [1.54, 1.807) is 11.8 Å². The van der Waals surface area contributed by atoms with Gasteiger partial charge in [0.15, 0.2) is 0 Å². The summed E-state index contributed by atoms with van der Waals surface area (Å²) in [6, 6.07) is 18.2. The van der Waals surface area contributed by atoms with Crippen LogP contribution < -0.4 is 5.73 Å². The highest BCUT2D eigenvalue weighted by atomic mass is 16.2. The average Bonchev–Trinajstić information content (AvgIpc) is 2.69. The van der Waals surface area contributed by atoms with Gasteiger partial charge in [-0.05, 0) is 31.9 Å². The molecule has 0 aliphatic heterocycles. The third kappa shape index (κ3) is 3.82. The summed E-state index contributed by atoms with van der Waals surface area (Å²) in [5.41, 5.74) is 10.7. The lowest BCUT2D eigenvalue weighted by atomic mass is 9.99. The SMILES string of the molecule is CCN(CC)C(=O)c1c(C)nc(N)nc1-c1ccc(-c2ccccc2)cc1. The molecule has 0 radical (unpaired) electrons. The Hall–Kier alpha value is -3.21. The molecule has 5 heteroatoms. The van der Waals surface area contributed by atoms with Crippen molar-refractivity contribution in [1.29, 1.82) is 0 Å². The number of carbonyl (C=O) groups is 1. The van der Waals surface area contributed by atoms with Gasteiger partial charge < -0.3 is 10.6 Å². The van der Waals surface area contributed by atoms with E-state index in [0.29, 0.717) is 30.0 Å². The molecule has 3 aromatic rings. The minimum absolute atomic E-state index is 0.0698. The number of hydrogen-bond acceptors (Lipinski definition) is 4. The van der Waals surface area contributed by atoms with Gasteiger partial charge in [0, 0.05) is 18.7 Å². The van der Waals surface area contributed by atoms with Crippen LogP contribution >= 0.6 is 0 Å². The first-order valence-electron chi connectivity index (χ1n) is 9.14. The van der Waals surface area contributed by atoms with Gasteiger partial charge in [0.1, 0.15) is 0 Å². The molecule has 0 saturated heterocycles. The normalized spacial score (nSPS) is 10.6. The lowest BCUT2D eigenvalue weighted by Crippen LogP contribution is -2.32. The fourth-order valence-corrected chi connectivity index (χ4v) is 3.18. The molecule has 0 aliphatic rings. The lowest BCUT2D eigenvalue weighted by Gasteiger charge is -2.21. The number of aryl methyl sites for hydroxylation is 1. The van der Waals surface area contributed by atoms with Crippen LogP contribution in [0.2, 0.25) is 0 Å². The predicted octanol–water partition coefficient (Wildman–Crippen LogP) is 4.18. The van der Waals surface area contributed by atoms with Crippen LogP contribution in [0.3, 0.4) is 0 Å². The molecule has 5 nitrogen and oxygen atoms in total. The maximum Gasteiger partial charge on any atom is 0.257 e. The van der Waals surface area contributed by atoms with E-state index >= 15 is 0 Å². The van der Waals surface area contributed by atoms with Crippen LogP contribution in [-0.4, -0.2) is 33.9 Å². The van der Waals surface area contributed by atoms with E-state index in [9.17, 15) is 4.79 Å². The number of anilines is 1. The Morgan fingerprint density at radius 1 is 0.889 bits per heavy atom. The van der Waals surface area contributed by atoms with Gasteiger partial charge in [0.25, 0.3) is 5.91 Å². The summed E-state index contributed by atoms with van der Waals surface area (Å²) in [7, 11) is 0. The second-order valence-electron chi connectivity index (χ2n) is 6.31. The third-order valence-electron chi connectivity index (χ3n) is 4.64. The molecule has 2 aromatic carbocycles. The molecular formula is C22H24N4O. The average molecular weight is 360 g/mol. The van der Waals surface area contributed by atoms with E-state index in [0.717, 1.165) is 16.7 Å². The van der Waals surface area contributed by atoms with E-state index in [2.05, 4.69) is 22.1 Å². The highest BCUT2D eigenvalue weighted by Gasteiger charge is 2.22. The van der Waals surface area contributed by atoms with Gasteiger partial charge in [-0.1, -0.05) is 54.6 Å². The van der Waals surface area contributed by atoms with Crippen LogP contribution in [0.15, 0.2) is 54.6 Å². The summed E-state index contributed by atoms with van der Waals surface area (Å²) in [6.45, 7) is 6.99. The molecule has 0 saturated carbocycles. The molecule has 1 amide bonds. The monoisotopic (exact) mass is 360 g/mol. The van der Waals surface area contributed by atoms with Crippen molar-refractivity contribution in [3.8, 4) is 22.4 Å². The van der Waals surface area contributed by atoms with Crippen molar-refractivity contribution >= 4 is 11.9 Å². The molecule has 2 N–H and O–H groups in total. The molecular weight excluding hydrogens is 336 g/mol. The minimum Gasteiger partial charge on any atom is -0.368 e. The molecule has 138 valence electrons. The largest absolute Gasteiger partial charge is 0.368 e. The van der Waals surface area contributed by atoms with Gasteiger partial charge in [-0.3, -0.25) is 4.79 Å². The first kappa shape index (κ1) is 18.6. The van der Waals surface area contributed by atoms with Crippen LogP contribution in [0.5, 0.6) is 0 Å². The van der Waals surface area contributed by atoms with Gasteiger partial charge in [-0.2, -0.15) is 0 Å². The Balaban J connectivity index is 2.07. The lowest BCUT2D eigenvalue weighted by molar-refractivity contribution is 0.0772.